The lowest BCUT2D eigenvalue weighted by molar-refractivity contribution is -0.906. The van der Waals surface area contributed by atoms with Crippen molar-refractivity contribution in [3.05, 3.63) is 50.6 Å². The zero-order valence-corrected chi connectivity index (χ0v) is 8.41. The van der Waals surface area contributed by atoms with Crippen molar-refractivity contribution in [2.75, 3.05) is 26.2 Å². The maximum absolute atomic E-state index is 3.77. The first kappa shape index (κ1) is 11.9. The molecule has 0 radical (unpaired) electrons. The molecule has 0 aromatic heterocycles. The van der Waals surface area contributed by atoms with Gasteiger partial charge in [-0.25, -0.2) is 0 Å². The Morgan fingerprint density at radius 3 is 1.08 bits per heavy atom. The minimum Gasteiger partial charge on any atom is -0.311 e. The first-order valence-corrected chi connectivity index (χ1v) is 4.53. The molecule has 0 aliphatic heterocycles. The Hall–Kier alpha value is -1.08. The number of quaternary nitrogens is 1. The van der Waals surface area contributed by atoms with E-state index < -0.39 is 0 Å². The highest BCUT2D eigenvalue weighted by Crippen LogP contribution is 2.07. The van der Waals surface area contributed by atoms with Crippen LogP contribution in [0.15, 0.2) is 50.6 Å². The van der Waals surface area contributed by atoms with Gasteiger partial charge in [-0.2, -0.15) is 0 Å². The number of hydrogen-bond donors (Lipinski definition) is 0. The van der Waals surface area contributed by atoms with Crippen LogP contribution >= 0.6 is 0 Å². The molecule has 1 heteroatoms. The van der Waals surface area contributed by atoms with Crippen molar-refractivity contribution in [1.82, 2.24) is 0 Å². The molecular weight excluding hydrogens is 158 g/mol. The van der Waals surface area contributed by atoms with Crippen molar-refractivity contribution in [1.29, 1.82) is 0 Å². The molecule has 0 unspecified atom stereocenters. The Labute approximate surface area is 83.4 Å². The van der Waals surface area contributed by atoms with E-state index in [1.54, 1.807) is 0 Å². The molecule has 0 aromatic carbocycles. The van der Waals surface area contributed by atoms with E-state index in [1.165, 1.54) is 0 Å². The molecule has 0 atom stereocenters. The van der Waals surface area contributed by atoms with Crippen LogP contribution in [0.1, 0.15) is 1.43 Å². The summed E-state index contributed by atoms with van der Waals surface area (Å²) in [6.07, 6.45) is 7.76. The summed E-state index contributed by atoms with van der Waals surface area (Å²) in [5.74, 6) is 0. The van der Waals surface area contributed by atoms with Gasteiger partial charge in [0.1, 0.15) is 0 Å². The van der Waals surface area contributed by atoms with Gasteiger partial charge < -0.3 is 4.48 Å². The monoisotopic (exact) mass is 179 g/mol. The van der Waals surface area contributed by atoms with Crippen LogP contribution in [0.3, 0.4) is 0 Å². The average Bonchev–Trinajstić information content (AvgIpc) is 2.06. The summed E-state index contributed by atoms with van der Waals surface area (Å²) in [7, 11) is 0. The van der Waals surface area contributed by atoms with E-state index in [0.717, 1.165) is 30.7 Å². The quantitative estimate of drug-likeness (QED) is 0.397. The molecule has 0 spiro atoms. The van der Waals surface area contributed by atoms with Gasteiger partial charge in [-0.3, -0.25) is 0 Å². The molecule has 0 aliphatic carbocycles. The summed E-state index contributed by atoms with van der Waals surface area (Å²) >= 11 is 0. The lowest BCUT2D eigenvalue weighted by Gasteiger charge is -2.35. The van der Waals surface area contributed by atoms with Crippen LogP contribution in [-0.2, 0) is 0 Å². The smallest absolute Gasteiger partial charge is 0.311 e. The van der Waals surface area contributed by atoms with Gasteiger partial charge in [-0.1, -0.05) is 26.3 Å². The molecule has 0 bridgehead atoms. The third-order valence-corrected chi connectivity index (χ3v) is 2.07. The maximum atomic E-state index is 3.77. The summed E-state index contributed by atoms with van der Waals surface area (Å²) in [5.41, 5.74) is 0. The molecule has 0 N–H and O–H groups in total. The van der Waals surface area contributed by atoms with Crippen LogP contribution in [0.4, 0.5) is 0 Å². The largest absolute Gasteiger partial charge is 1.00 e. The highest BCUT2D eigenvalue weighted by atomic mass is 15.3. The second-order valence-electron chi connectivity index (χ2n) is 3.23. The van der Waals surface area contributed by atoms with E-state index in [4.69, 9.17) is 0 Å². The lowest BCUT2D eigenvalue weighted by atomic mass is 10.3. The summed E-state index contributed by atoms with van der Waals surface area (Å²) in [6, 6.07) is 0. The molecular formula is C12H21N+2. The number of nitrogens with zero attached hydrogens (tertiary/aromatic N) is 1. The van der Waals surface area contributed by atoms with E-state index in [-0.39, 0.29) is 1.43 Å². The van der Waals surface area contributed by atoms with Gasteiger partial charge in [-0.05, 0) is 24.3 Å². The van der Waals surface area contributed by atoms with Gasteiger partial charge in [0.15, 0.2) is 0 Å². The first-order valence-electron chi connectivity index (χ1n) is 4.53. The Morgan fingerprint density at radius 1 is 0.692 bits per heavy atom. The summed E-state index contributed by atoms with van der Waals surface area (Å²) in [6.45, 7) is 18.8. The predicted molar refractivity (Wildman–Crippen MR) is 61.6 cm³/mol. The minimum absolute atomic E-state index is 0. The fourth-order valence-electron chi connectivity index (χ4n) is 1.54. The molecule has 13 heavy (non-hydrogen) atoms. The number of hydrogen-bond acceptors (Lipinski definition) is 0. The Morgan fingerprint density at radius 2 is 0.923 bits per heavy atom. The number of rotatable bonds is 8. The third kappa shape index (κ3) is 3.90. The summed E-state index contributed by atoms with van der Waals surface area (Å²) < 4.78 is 0.903. The van der Waals surface area contributed by atoms with Gasteiger partial charge in [0.2, 0.25) is 0 Å². The van der Waals surface area contributed by atoms with E-state index in [0.29, 0.717) is 0 Å². The van der Waals surface area contributed by atoms with Crippen molar-refractivity contribution in [3.8, 4) is 0 Å². The van der Waals surface area contributed by atoms with E-state index in [9.17, 15) is 0 Å². The molecule has 0 saturated carbocycles. The molecule has 0 rings (SSSR count). The summed E-state index contributed by atoms with van der Waals surface area (Å²) in [4.78, 5) is 0. The van der Waals surface area contributed by atoms with Gasteiger partial charge in [0.05, 0.1) is 26.2 Å². The highest BCUT2D eigenvalue weighted by Gasteiger charge is 2.20. The second kappa shape index (κ2) is 6.44. The Balaban J connectivity index is 0. The Kier molecular flexibility index (Phi) is 5.90. The molecule has 0 aliphatic rings. The van der Waals surface area contributed by atoms with Gasteiger partial charge in [0.25, 0.3) is 0 Å². The molecule has 1 nitrogen and oxygen atoms in total. The second-order valence-corrected chi connectivity index (χ2v) is 3.23. The molecule has 0 fully saturated rings. The minimum atomic E-state index is 0. The van der Waals surface area contributed by atoms with Gasteiger partial charge >= 0.3 is 1.43 Å². The molecule has 0 aromatic rings. The zero-order chi connectivity index (χ0) is 10.2. The van der Waals surface area contributed by atoms with Crippen molar-refractivity contribution in [3.63, 3.8) is 0 Å². The predicted octanol–water partition coefficient (Wildman–Crippen LogP) is 2.66. The van der Waals surface area contributed by atoms with Crippen molar-refractivity contribution in [2.45, 2.75) is 0 Å². The van der Waals surface area contributed by atoms with Crippen LogP contribution in [0.2, 0.25) is 0 Å². The van der Waals surface area contributed by atoms with Crippen molar-refractivity contribution in [2.24, 2.45) is 0 Å². The van der Waals surface area contributed by atoms with Gasteiger partial charge in [0, 0.05) is 0 Å². The fourth-order valence-corrected chi connectivity index (χ4v) is 1.54. The van der Waals surface area contributed by atoms with E-state index in [1.807, 2.05) is 24.3 Å². The fraction of sp³-hybridized carbons (Fsp3) is 0.333. The Bertz CT molecular complexity index is 151. The average molecular weight is 179 g/mol. The molecule has 0 heterocycles. The molecule has 0 amide bonds. The normalized spacial score (nSPS) is 10.5. The summed E-state index contributed by atoms with van der Waals surface area (Å²) in [5, 5.41) is 0. The SMILES string of the molecule is C=CC[N+](CC=C)(CC=C)CC=C.[H+]. The van der Waals surface area contributed by atoms with Crippen LogP contribution in [0, 0.1) is 0 Å². The van der Waals surface area contributed by atoms with E-state index >= 15 is 0 Å². The van der Waals surface area contributed by atoms with Gasteiger partial charge in [-0.15, -0.1) is 0 Å². The van der Waals surface area contributed by atoms with Crippen LogP contribution in [-0.4, -0.2) is 30.7 Å². The van der Waals surface area contributed by atoms with E-state index in [2.05, 4.69) is 26.3 Å². The van der Waals surface area contributed by atoms with Crippen LogP contribution in [0.25, 0.3) is 0 Å². The highest BCUT2D eigenvalue weighted by molar-refractivity contribution is 4.79. The third-order valence-electron chi connectivity index (χ3n) is 2.07. The topological polar surface area (TPSA) is 0 Å². The first-order chi connectivity index (χ1) is 6.24. The molecule has 0 saturated heterocycles. The molecule has 72 valence electrons. The van der Waals surface area contributed by atoms with Crippen molar-refractivity contribution >= 4 is 0 Å². The standard InChI is InChI=1S/C12H20N/c1-5-9-13(10-6-2,11-7-3)12-8-4/h5-8H,1-4,9-12H2/q+1/p+1. The zero-order valence-electron chi connectivity index (χ0n) is 9.41. The van der Waals surface area contributed by atoms with Crippen LogP contribution < -0.4 is 0 Å². The van der Waals surface area contributed by atoms with Crippen LogP contribution in [0.5, 0.6) is 0 Å². The lowest BCUT2D eigenvalue weighted by Crippen LogP contribution is -2.48. The maximum Gasteiger partial charge on any atom is 1.00 e. The van der Waals surface area contributed by atoms with Crippen molar-refractivity contribution < 1.29 is 5.91 Å².